The zero-order valence-electron chi connectivity index (χ0n) is 17.0. The lowest BCUT2D eigenvalue weighted by atomic mass is 9.92. The third-order valence-corrected chi connectivity index (χ3v) is 6.91. The van der Waals surface area contributed by atoms with Crippen LogP contribution in [0, 0.1) is 5.92 Å². The average molecular weight is 388 g/mol. The molecule has 0 bridgehead atoms. The molecule has 1 saturated carbocycles. The van der Waals surface area contributed by atoms with Gasteiger partial charge in [0.1, 0.15) is 0 Å². The number of piperidine rings is 1. The van der Waals surface area contributed by atoms with E-state index < -0.39 is 0 Å². The van der Waals surface area contributed by atoms with Crippen LogP contribution in [0.25, 0.3) is 0 Å². The lowest BCUT2D eigenvalue weighted by molar-refractivity contribution is -0.143. The average Bonchev–Trinajstić information content (AvgIpc) is 3.43. The SMILES string of the molecule is C[C@@H]1CCCCN1C(=O)[C@@H](C1CCCC1)N1CCN(C(=O)c2ccco2)CC1. The summed E-state index contributed by atoms with van der Waals surface area (Å²) >= 11 is 0. The summed E-state index contributed by atoms with van der Waals surface area (Å²) in [6, 6.07) is 3.81. The van der Waals surface area contributed by atoms with Gasteiger partial charge in [0.05, 0.1) is 12.3 Å². The Morgan fingerprint density at radius 2 is 1.71 bits per heavy atom. The third-order valence-electron chi connectivity index (χ3n) is 6.91. The molecule has 0 aromatic carbocycles. The smallest absolute Gasteiger partial charge is 0.289 e. The van der Waals surface area contributed by atoms with E-state index in [1.54, 1.807) is 12.1 Å². The molecule has 1 aromatic heterocycles. The van der Waals surface area contributed by atoms with E-state index in [0.29, 0.717) is 36.7 Å². The van der Waals surface area contributed by atoms with E-state index in [9.17, 15) is 9.59 Å². The van der Waals surface area contributed by atoms with Gasteiger partial charge in [-0.15, -0.1) is 0 Å². The van der Waals surface area contributed by atoms with Gasteiger partial charge in [-0.2, -0.15) is 0 Å². The molecule has 154 valence electrons. The molecule has 2 aliphatic heterocycles. The molecule has 3 fully saturated rings. The topological polar surface area (TPSA) is 57.0 Å². The zero-order valence-corrected chi connectivity index (χ0v) is 17.0. The Balaban J connectivity index is 1.44. The number of furan rings is 1. The molecule has 1 aromatic rings. The van der Waals surface area contributed by atoms with Crippen LogP contribution in [-0.2, 0) is 4.79 Å². The van der Waals surface area contributed by atoms with Gasteiger partial charge < -0.3 is 14.2 Å². The molecule has 28 heavy (non-hydrogen) atoms. The molecule has 1 aliphatic carbocycles. The Kier molecular flexibility index (Phi) is 6.04. The molecular weight excluding hydrogens is 354 g/mol. The fraction of sp³-hybridized carbons (Fsp3) is 0.727. The molecule has 2 atom stereocenters. The Hall–Kier alpha value is -1.82. The van der Waals surface area contributed by atoms with Crippen molar-refractivity contribution in [1.82, 2.24) is 14.7 Å². The quantitative estimate of drug-likeness (QED) is 0.797. The van der Waals surface area contributed by atoms with Crippen molar-refractivity contribution in [3.8, 4) is 0 Å². The van der Waals surface area contributed by atoms with Gasteiger partial charge in [0.2, 0.25) is 5.91 Å². The number of likely N-dealkylation sites (tertiary alicyclic amines) is 1. The maximum absolute atomic E-state index is 13.6. The maximum atomic E-state index is 13.6. The predicted molar refractivity (Wildman–Crippen MR) is 107 cm³/mol. The Morgan fingerprint density at radius 3 is 2.36 bits per heavy atom. The van der Waals surface area contributed by atoms with E-state index in [-0.39, 0.29) is 11.9 Å². The van der Waals surface area contributed by atoms with E-state index in [1.807, 2.05) is 4.90 Å². The molecule has 3 heterocycles. The van der Waals surface area contributed by atoms with Gasteiger partial charge in [0.25, 0.3) is 5.91 Å². The van der Waals surface area contributed by atoms with Crippen LogP contribution in [0.2, 0.25) is 0 Å². The first kappa shape index (κ1) is 19.5. The first-order chi connectivity index (χ1) is 13.6. The van der Waals surface area contributed by atoms with Gasteiger partial charge >= 0.3 is 0 Å². The molecule has 2 amide bonds. The van der Waals surface area contributed by atoms with Crippen LogP contribution in [-0.4, -0.2) is 71.3 Å². The third kappa shape index (κ3) is 3.97. The summed E-state index contributed by atoms with van der Waals surface area (Å²) < 4.78 is 5.27. The van der Waals surface area contributed by atoms with Crippen LogP contribution in [0.5, 0.6) is 0 Å². The van der Waals surface area contributed by atoms with Crippen molar-refractivity contribution in [3.05, 3.63) is 24.2 Å². The Bertz CT molecular complexity index is 661. The number of piperazine rings is 1. The van der Waals surface area contributed by atoms with Crippen LogP contribution in [0.4, 0.5) is 0 Å². The van der Waals surface area contributed by atoms with Crippen molar-refractivity contribution in [2.24, 2.45) is 5.92 Å². The highest BCUT2D eigenvalue weighted by Gasteiger charge is 2.40. The molecule has 0 N–H and O–H groups in total. The fourth-order valence-electron chi connectivity index (χ4n) is 5.28. The van der Waals surface area contributed by atoms with E-state index >= 15 is 0 Å². The van der Waals surface area contributed by atoms with Crippen molar-refractivity contribution < 1.29 is 14.0 Å². The molecule has 0 unspecified atom stereocenters. The molecule has 0 spiro atoms. The van der Waals surface area contributed by atoms with Crippen LogP contribution in [0.1, 0.15) is 62.4 Å². The van der Waals surface area contributed by atoms with E-state index in [0.717, 1.165) is 45.3 Å². The van der Waals surface area contributed by atoms with E-state index in [2.05, 4.69) is 16.7 Å². The van der Waals surface area contributed by atoms with Crippen molar-refractivity contribution in [2.45, 2.75) is 64.0 Å². The number of nitrogens with zero attached hydrogens (tertiary/aromatic N) is 3. The highest BCUT2D eigenvalue weighted by Crippen LogP contribution is 2.33. The van der Waals surface area contributed by atoms with Gasteiger partial charge in [-0.1, -0.05) is 12.8 Å². The second-order valence-electron chi connectivity index (χ2n) is 8.67. The summed E-state index contributed by atoms with van der Waals surface area (Å²) in [5.74, 6) is 1.16. The second kappa shape index (κ2) is 8.68. The number of amides is 2. The van der Waals surface area contributed by atoms with Gasteiger partial charge in [0.15, 0.2) is 5.76 Å². The largest absolute Gasteiger partial charge is 0.459 e. The number of hydrogen-bond donors (Lipinski definition) is 0. The molecular formula is C22H33N3O3. The van der Waals surface area contributed by atoms with Gasteiger partial charge in [-0.3, -0.25) is 14.5 Å². The molecule has 3 aliphatic rings. The van der Waals surface area contributed by atoms with Crippen LogP contribution in [0.15, 0.2) is 22.8 Å². The number of hydrogen-bond acceptors (Lipinski definition) is 4. The minimum absolute atomic E-state index is 0.0103. The second-order valence-corrected chi connectivity index (χ2v) is 8.67. The minimum atomic E-state index is -0.0435. The summed E-state index contributed by atoms with van der Waals surface area (Å²) in [5, 5.41) is 0. The number of carbonyl (C=O) groups excluding carboxylic acids is 2. The summed E-state index contributed by atoms with van der Waals surface area (Å²) in [5.41, 5.74) is 0. The zero-order chi connectivity index (χ0) is 19.5. The predicted octanol–water partition coefficient (Wildman–Crippen LogP) is 3.00. The molecule has 0 radical (unpaired) electrons. The highest BCUT2D eigenvalue weighted by atomic mass is 16.3. The summed E-state index contributed by atoms with van der Waals surface area (Å²) in [7, 11) is 0. The van der Waals surface area contributed by atoms with Crippen molar-refractivity contribution >= 4 is 11.8 Å². The summed E-state index contributed by atoms with van der Waals surface area (Å²) in [6.45, 7) is 5.95. The highest BCUT2D eigenvalue weighted by molar-refractivity contribution is 5.91. The summed E-state index contributed by atoms with van der Waals surface area (Å²) in [4.78, 5) is 32.5. The van der Waals surface area contributed by atoms with Crippen molar-refractivity contribution in [3.63, 3.8) is 0 Å². The number of carbonyl (C=O) groups is 2. The molecule has 4 rings (SSSR count). The lowest BCUT2D eigenvalue weighted by Gasteiger charge is -2.44. The van der Waals surface area contributed by atoms with Crippen LogP contribution < -0.4 is 0 Å². The Labute approximate surface area is 167 Å². The fourth-order valence-corrected chi connectivity index (χ4v) is 5.28. The lowest BCUT2D eigenvalue weighted by Crippen LogP contribution is -2.60. The van der Waals surface area contributed by atoms with Gasteiger partial charge in [0, 0.05) is 38.8 Å². The van der Waals surface area contributed by atoms with E-state index in [1.165, 1.54) is 25.5 Å². The van der Waals surface area contributed by atoms with Crippen molar-refractivity contribution in [2.75, 3.05) is 32.7 Å². The number of rotatable bonds is 4. The summed E-state index contributed by atoms with van der Waals surface area (Å²) in [6.07, 6.45) is 9.80. The van der Waals surface area contributed by atoms with Crippen LogP contribution in [0.3, 0.4) is 0 Å². The van der Waals surface area contributed by atoms with Crippen LogP contribution >= 0.6 is 0 Å². The molecule has 2 saturated heterocycles. The Morgan fingerprint density at radius 1 is 1.00 bits per heavy atom. The van der Waals surface area contributed by atoms with Gasteiger partial charge in [-0.25, -0.2) is 0 Å². The van der Waals surface area contributed by atoms with Gasteiger partial charge in [-0.05, 0) is 57.1 Å². The first-order valence-electron chi connectivity index (χ1n) is 11.0. The normalized spacial score (nSPS) is 25.8. The minimum Gasteiger partial charge on any atom is -0.459 e. The standard InChI is InChI=1S/C22H33N3O3/c1-17-7-4-5-11-25(17)22(27)20(18-8-2-3-9-18)23-12-14-24(15-13-23)21(26)19-10-6-16-28-19/h6,10,16-18,20H,2-5,7-9,11-15H2,1H3/t17-,20-/m1/s1. The maximum Gasteiger partial charge on any atom is 0.289 e. The molecule has 6 nitrogen and oxygen atoms in total. The van der Waals surface area contributed by atoms with E-state index in [4.69, 9.17) is 4.42 Å². The first-order valence-corrected chi connectivity index (χ1v) is 11.0. The molecule has 6 heteroatoms. The monoisotopic (exact) mass is 387 g/mol. The van der Waals surface area contributed by atoms with Crippen molar-refractivity contribution in [1.29, 1.82) is 0 Å².